The number of rotatable bonds is 7. The summed E-state index contributed by atoms with van der Waals surface area (Å²) in [7, 11) is -3.24. The van der Waals surface area contributed by atoms with Crippen LogP contribution in [0.1, 0.15) is 39.0 Å². The lowest BCUT2D eigenvalue weighted by Gasteiger charge is -2.31. The Kier molecular flexibility index (Phi) is 9.02. The number of nitrogens with zero attached hydrogens (tertiary/aromatic N) is 3. The number of aliphatic imine (C=N–C) groups is 1. The lowest BCUT2D eigenvalue weighted by molar-refractivity contribution is -0.0496. The zero-order valence-corrected chi connectivity index (χ0v) is 18.1. The first-order chi connectivity index (χ1) is 13.6. The van der Waals surface area contributed by atoms with Gasteiger partial charge in [0.25, 0.3) is 0 Å². The minimum Gasteiger partial charge on any atom is -0.381 e. The zero-order valence-electron chi connectivity index (χ0n) is 17.2. The quantitative estimate of drug-likeness (QED) is 0.484. The molecule has 0 saturated carbocycles. The van der Waals surface area contributed by atoms with Gasteiger partial charge in [-0.1, -0.05) is 0 Å². The molecule has 2 fully saturated rings. The summed E-state index contributed by atoms with van der Waals surface area (Å²) in [5.41, 5.74) is -5.23. The molecule has 0 aromatic carbocycles. The highest BCUT2D eigenvalue weighted by molar-refractivity contribution is 7.90. The number of ether oxygens (including phenoxy) is 1. The summed E-state index contributed by atoms with van der Waals surface area (Å²) >= 11 is 0. The molecular weight excluding hydrogens is 409 g/mol. The van der Waals surface area contributed by atoms with Crippen molar-refractivity contribution in [2.45, 2.75) is 44.5 Å². The highest BCUT2D eigenvalue weighted by atomic mass is 32.2. The lowest BCUT2D eigenvalue weighted by Crippen LogP contribution is -2.45. The van der Waals surface area contributed by atoms with E-state index in [2.05, 4.69) is 15.2 Å². The molecule has 2 aliphatic rings. The summed E-state index contributed by atoms with van der Waals surface area (Å²) in [6.07, 6.45) is 3.99. The molecule has 2 heterocycles. The van der Waals surface area contributed by atoms with E-state index in [0.717, 1.165) is 51.5 Å². The lowest BCUT2D eigenvalue weighted by atomic mass is 9.96. The summed E-state index contributed by atoms with van der Waals surface area (Å²) in [6, 6.07) is 0. The first-order valence-corrected chi connectivity index (χ1v) is 11.7. The maximum Gasteiger partial charge on any atom is 0.511 e. The van der Waals surface area contributed by atoms with Crippen LogP contribution < -0.4 is 5.32 Å². The smallest absolute Gasteiger partial charge is 0.381 e. The predicted molar refractivity (Wildman–Crippen MR) is 106 cm³/mol. The molecule has 0 aromatic heterocycles. The van der Waals surface area contributed by atoms with E-state index in [9.17, 15) is 21.6 Å². The number of hydrogen-bond acceptors (Lipinski definition) is 4. The van der Waals surface area contributed by atoms with Crippen LogP contribution in [-0.4, -0.2) is 82.1 Å². The van der Waals surface area contributed by atoms with E-state index < -0.39 is 15.5 Å². The molecule has 0 unspecified atom stereocenters. The van der Waals surface area contributed by atoms with Gasteiger partial charge < -0.3 is 15.0 Å². The molecule has 2 saturated heterocycles. The third-order valence-corrected chi connectivity index (χ3v) is 7.25. The van der Waals surface area contributed by atoms with Crippen LogP contribution in [0, 0.1) is 11.8 Å². The van der Waals surface area contributed by atoms with Crippen LogP contribution in [0.15, 0.2) is 4.99 Å². The SMILES string of the molecule is CCNC(=NCC1CCN(S(=O)(=O)C(F)(F)F)CC1)N(C)CCC1CCOCC1. The highest BCUT2D eigenvalue weighted by Gasteiger charge is 2.50. The van der Waals surface area contributed by atoms with Gasteiger partial charge in [0.05, 0.1) is 0 Å². The van der Waals surface area contributed by atoms with E-state index in [1.807, 2.05) is 14.0 Å². The maximum absolute atomic E-state index is 12.7. The minimum absolute atomic E-state index is 0.0761. The van der Waals surface area contributed by atoms with Gasteiger partial charge in [-0.25, -0.2) is 8.42 Å². The largest absolute Gasteiger partial charge is 0.511 e. The first kappa shape index (κ1) is 24.2. The summed E-state index contributed by atoms with van der Waals surface area (Å²) in [5, 5.41) is 3.26. The predicted octanol–water partition coefficient (Wildman–Crippen LogP) is 2.26. The van der Waals surface area contributed by atoms with Crippen molar-refractivity contribution in [3.05, 3.63) is 0 Å². The number of guanidine groups is 1. The maximum atomic E-state index is 12.7. The molecule has 7 nitrogen and oxygen atoms in total. The Morgan fingerprint density at radius 1 is 1.17 bits per heavy atom. The Labute approximate surface area is 171 Å². The summed E-state index contributed by atoms with van der Waals surface area (Å²) < 4.78 is 67.0. The average Bonchev–Trinajstić information content (AvgIpc) is 2.69. The second-order valence-corrected chi connectivity index (χ2v) is 9.68. The number of halogens is 3. The van der Waals surface area contributed by atoms with Crippen LogP contribution in [0.3, 0.4) is 0 Å². The fourth-order valence-corrected chi connectivity index (χ4v) is 4.67. The van der Waals surface area contributed by atoms with Crippen LogP contribution in [0.2, 0.25) is 0 Å². The van der Waals surface area contributed by atoms with Crippen molar-refractivity contribution < 1.29 is 26.3 Å². The second-order valence-electron chi connectivity index (χ2n) is 7.75. The van der Waals surface area contributed by atoms with Gasteiger partial charge in [-0.3, -0.25) is 4.99 Å². The molecule has 0 radical (unpaired) electrons. The molecule has 0 aromatic rings. The van der Waals surface area contributed by atoms with E-state index in [4.69, 9.17) is 4.74 Å². The first-order valence-electron chi connectivity index (χ1n) is 10.3. The zero-order chi connectivity index (χ0) is 21.5. The number of alkyl halides is 3. The molecule has 170 valence electrons. The summed E-state index contributed by atoms with van der Waals surface area (Å²) in [4.78, 5) is 6.74. The molecule has 1 N–H and O–H groups in total. The fraction of sp³-hybridized carbons (Fsp3) is 0.944. The highest BCUT2D eigenvalue weighted by Crippen LogP contribution is 2.30. The van der Waals surface area contributed by atoms with Gasteiger partial charge in [0.2, 0.25) is 0 Å². The average molecular weight is 443 g/mol. The normalized spacial score (nSPS) is 21.3. The molecule has 0 spiro atoms. The second kappa shape index (κ2) is 10.8. The van der Waals surface area contributed by atoms with E-state index in [0.29, 0.717) is 29.6 Å². The van der Waals surface area contributed by atoms with Crippen LogP contribution in [0.4, 0.5) is 13.2 Å². The van der Waals surface area contributed by atoms with Crippen molar-refractivity contribution in [3.8, 4) is 0 Å². The molecule has 2 rings (SSSR count). The Morgan fingerprint density at radius 3 is 2.34 bits per heavy atom. The van der Waals surface area contributed by atoms with Crippen molar-refractivity contribution >= 4 is 16.0 Å². The van der Waals surface area contributed by atoms with Crippen LogP contribution in [0.25, 0.3) is 0 Å². The molecule has 0 aliphatic carbocycles. The third kappa shape index (κ3) is 6.99. The van der Waals surface area contributed by atoms with Gasteiger partial charge in [-0.05, 0) is 50.9 Å². The van der Waals surface area contributed by atoms with Crippen LogP contribution >= 0.6 is 0 Å². The standard InChI is InChI=1S/C18H33F3N4O3S/c1-3-22-17(24(2)9-4-15-7-12-28-13-8-15)23-14-16-5-10-25(11-6-16)29(26,27)18(19,20)21/h15-16H,3-14H2,1-2H3,(H,22,23). The van der Waals surface area contributed by atoms with Crippen molar-refractivity contribution in [1.29, 1.82) is 0 Å². The topological polar surface area (TPSA) is 74.2 Å². The van der Waals surface area contributed by atoms with Crippen molar-refractivity contribution in [2.75, 3.05) is 53.0 Å². The monoisotopic (exact) mass is 442 g/mol. The fourth-order valence-electron chi connectivity index (χ4n) is 3.68. The van der Waals surface area contributed by atoms with Gasteiger partial charge in [0, 0.05) is 53.0 Å². The number of piperidine rings is 1. The Balaban J connectivity index is 1.84. The van der Waals surface area contributed by atoms with Gasteiger partial charge in [-0.2, -0.15) is 17.5 Å². The van der Waals surface area contributed by atoms with Crippen molar-refractivity contribution in [3.63, 3.8) is 0 Å². The Bertz CT molecular complexity index is 629. The Morgan fingerprint density at radius 2 is 1.79 bits per heavy atom. The number of nitrogens with one attached hydrogen (secondary N) is 1. The molecule has 0 amide bonds. The molecule has 11 heteroatoms. The molecule has 0 bridgehead atoms. The van der Waals surface area contributed by atoms with E-state index in [-0.39, 0.29) is 19.0 Å². The van der Waals surface area contributed by atoms with Gasteiger partial charge in [0.15, 0.2) is 5.96 Å². The molecule has 0 atom stereocenters. The van der Waals surface area contributed by atoms with Crippen LogP contribution in [0.5, 0.6) is 0 Å². The van der Waals surface area contributed by atoms with E-state index in [1.165, 1.54) is 0 Å². The molecule has 2 aliphatic heterocycles. The minimum atomic E-state index is -5.23. The van der Waals surface area contributed by atoms with Crippen molar-refractivity contribution in [1.82, 2.24) is 14.5 Å². The van der Waals surface area contributed by atoms with Gasteiger partial charge in [-0.15, -0.1) is 0 Å². The molecule has 29 heavy (non-hydrogen) atoms. The van der Waals surface area contributed by atoms with Crippen LogP contribution in [-0.2, 0) is 14.8 Å². The molecular formula is C18H33F3N4O3S. The van der Waals surface area contributed by atoms with E-state index in [1.54, 1.807) is 0 Å². The number of hydrogen-bond donors (Lipinski definition) is 1. The van der Waals surface area contributed by atoms with Gasteiger partial charge in [0.1, 0.15) is 0 Å². The third-order valence-electron chi connectivity index (χ3n) is 5.62. The number of sulfonamides is 1. The van der Waals surface area contributed by atoms with E-state index >= 15 is 0 Å². The van der Waals surface area contributed by atoms with Crippen molar-refractivity contribution in [2.24, 2.45) is 16.8 Å². The summed E-state index contributed by atoms with van der Waals surface area (Å²) in [6.45, 7) is 5.49. The Hall–Kier alpha value is -1.07. The van der Waals surface area contributed by atoms with Gasteiger partial charge >= 0.3 is 15.5 Å². The summed E-state index contributed by atoms with van der Waals surface area (Å²) in [5.74, 6) is 1.52.